The second-order valence-electron chi connectivity index (χ2n) is 2.66. The smallest absolute Gasteiger partial charge is 0.136 e. The average Bonchev–Trinajstić information content (AvgIpc) is 2.40. The highest BCUT2D eigenvalue weighted by Crippen LogP contribution is 2.45. The lowest BCUT2D eigenvalue weighted by atomic mass is 10.3. The van der Waals surface area contributed by atoms with Gasteiger partial charge in [0.2, 0.25) is 0 Å². The standard InChI is InChI=1S/C9H10BrNS/c1-2-11-7-5-3-4-6-8(7)12-9(11)10/h3-6,9H,2H2,1H3. The fourth-order valence-corrected chi connectivity index (χ4v) is 3.56. The van der Waals surface area contributed by atoms with E-state index in [9.17, 15) is 0 Å². The van der Waals surface area contributed by atoms with Crippen molar-refractivity contribution < 1.29 is 0 Å². The van der Waals surface area contributed by atoms with Crippen molar-refractivity contribution in [3.8, 4) is 0 Å². The van der Waals surface area contributed by atoms with Gasteiger partial charge in [0.15, 0.2) is 0 Å². The van der Waals surface area contributed by atoms with Crippen LogP contribution in [-0.4, -0.2) is 10.8 Å². The van der Waals surface area contributed by atoms with E-state index in [-0.39, 0.29) is 0 Å². The van der Waals surface area contributed by atoms with Crippen LogP contribution in [0.2, 0.25) is 0 Å². The topological polar surface area (TPSA) is 3.24 Å². The summed E-state index contributed by atoms with van der Waals surface area (Å²) in [5.74, 6) is 0. The summed E-state index contributed by atoms with van der Waals surface area (Å²) in [5.41, 5.74) is 1.35. The van der Waals surface area contributed by atoms with Crippen LogP contribution in [0, 0.1) is 0 Å². The number of hydrogen-bond acceptors (Lipinski definition) is 2. The van der Waals surface area contributed by atoms with Crippen molar-refractivity contribution in [2.45, 2.75) is 16.1 Å². The molecule has 0 aromatic heterocycles. The molecule has 0 amide bonds. The van der Waals surface area contributed by atoms with Gasteiger partial charge in [-0.2, -0.15) is 0 Å². The van der Waals surface area contributed by atoms with Gasteiger partial charge >= 0.3 is 0 Å². The Bertz CT molecular complexity index is 290. The normalized spacial score (nSPS) is 21.2. The van der Waals surface area contributed by atoms with Gasteiger partial charge in [0.25, 0.3) is 0 Å². The van der Waals surface area contributed by atoms with Crippen molar-refractivity contribution in [1.29, 1.82) is 0 Å². The molecule has 0 aliphatic carbocycles. The van der Waals surface area contributed by atoms with Gasteiger partial charge in [0.05, 0.1) is 5.69 Å². The van der Waals surface area contributed by atoms with Gasteiger partial charge in [-0.3, -0.25) is 0 Å². The van der Waals surface area contributed by atoms with Gasteiger partial charge in [-0.1, -0.05) is 39.8 Å². The van der Waals surface area contributed by atoms with E-state index in [1.54, 1.807) is 0 Å². The van der Waals surface area contributed by atoms with Crippen molar-refractivity contribution >= 4 is 33.4 Å². The summed E-state index contributed by atoms with van der Waals surface area (Å²) in [6, 6.07) is 8.52. The zero-order valence-corrected chi connectivity index (χ0v) is 9.23. The fraction of sp³-hybridized carbons (Fsp3) is 0.333. The first-order valence-electron chi connectivity index (χ1n) is 3.99. The molecule has 1 unspecified atom stereocenters. The molecule has 0 bridgehead atoms. The molecule has 0 spiro atoms. The van der Waals surface area contributed by atoms with Crippen LogP contribution in [0.5, 0.6) is 0 Å². The summed E-state index contributed by atoms with van der Waals surface area (Å²) in [4.78, 5) is 3.72. The van der Waals surface area contributed by atoms with Crippen LogP contribution >= 0.6 is 27.7 Å². The van der Waals surface area contributed by atoms with E-state index in [4.69, 9.17) is 0 Å². The van der Waals surface area contributed by atoms with Crippen LogP contribution in [0.3, 0.4) is 0 Å². The van der Waals surface area contributed by atoms with Crippen molar-refractivity contribution in [2.75, 3.05) is 11.4 Å². The Hall–Kier alpha value is -0.150. The molecule has 0 fully saturated rings. The van der Waals surface area contributed by atoms with E-state index in [1.807, 2.05) is 11.8 Å². The quantitative estimate of drug-likeness (QED) is 0.550. The lowest BCUT2D eigenvalue weighted by Crippen LogP contribution is -2.23. The Morgan fingerprint density at radius 2 is 2.25 bits per heavy atom. The highest BCUT2D eigenvalue weighted by atomic mass is 79.9. The number of rotatable bonds is 1. The summed E-state index contributed by atoms with van der Waals surface area (Å²) in [6.07, 6.45) is 0. The Morgan fingerprint density at radius 3 is 3.00 bits per heavy atom. The Balaban J connectivity index is 2.40. The first-order chi connectivity index (χ1) is 5.83. The second-order valence-corrected chi connectivity index (χ2v) is 5.26. The number of alkyl halides is 1. The van der Waals surface area contributed by atoms with Crippen LogP contribution in [-0.2, 0) is 0 Å². The van der Waals surface area contributed by atoms with Gasteiger partial charge in [0.1, 0.15) is 4.28 Å². The third kappa shape index (κ3) is 1.25. The largest absolute Gasteiger partial charge is 0.349 e. The minimum absolute atomic E-state index is 0.417. The van der Waals surface area contributed by atoms with Crippen LogP contribution in [0.1, 0.15) is 6.92 Å². The maximum absolute atomic E-state index is 3.63. The molecule has 1 nitrogen and oxygen atoms in total. The Morgan fingerprint density at radius 1 is 1.50 bits per heavy atom. The molecule has 1 atom stereocenters. The summed E-state index contributed by atoms with van der Waals surface area (Å²) in [7, 11) is 0. The molecule has 12 heavy (non-hydrogen) atoms. The zero-order valence-electron chi connectivity index (χ0n) is 6.83. The average molecular weight is 244 g/mol. The minimum atomic E-state index is 0.417. The molecule has 64 valence electrons. The van der Waals surface area contributed by atoms with E-state index in [0.717, 1.165) is 6.54 Å². The molecule has 1 heterocycles. The molecule has 0 saturated carbocycles. The van der Waals surface area contributed by atoms with E-state index < -0.39 is 0 Å². The molecule has 1 aliphatic heterocycles. The predicted octanol–water partition coefficient (Wildman–Crippen LogP) is 3.30. The number of para-hydroxylation sites is 1. The van der Waals surface area contributed by atoms with E-state index >= 15 is 0 Å². The summed E-state index contributed by atoms with van der Waals surface area (Å²) in [6.45, 7) is 3.23. The van der Waals surface area contributed by atoms with Crippen LogP contribution in [0.4, 0.5) is 5.69 Å². The Labute approximate surface area is 85.3 Å². The first kappa shape index (κ1) is 8.45. The predicted molar refractivity (Wildman–Crippen MR) is 58.0 cm³/mol. The number of thioether (sulfide) groups is 1. The molecule has 2 rings (SSSR count). The number of hydrogen-bond donors (Lipinski definition) is 0. The summed E-state index contributed by atoms with van der Waals surface area (Å²) >= 11 is 5.50. The highest BCUT2D eigenvalue weighted by molar-refractivity contribution is 9.11. The van der Waals surface area contributed by atoms with Crippen molar-refractivity contribution in [3.63, 3.8) is 0 Å². The molecule has 1 aromatic rings. The third-order valence-corrected chi connectivity index (χ3v) is 4.09. The summed E-state index contributed by atoms with van der Waals surface area (Å²) < 4.78 is 0.417. The van der Waals surface area contributed by atoms with Crippen LogP contribution in [0.15, 0.2) is 29.2 Å². The number of anilines is 1. The van der Waals surface area contributed by atoms with Crippen molar-refractivity contribution in [2.24, 2.45) is 0 Å². The molecule has 0 N–H and O–H groups in total. The van der Waals surface area contributed by atoms with Crippen LogP contribution < -0.4 is 4.90 Å². The maximum atomic E-state index is 3.63. The van der Waals surface area contributed by atoms with E-state index in [1.165, 1.54) is 10.6 Å². The molecular weight excluding hydrogens is 234 g/mol. The van der Waals surface area contributed by atoms with Crippen LogP contribution in [0.25, 0.3) is 0 Å². The Kier molecular flexibility index (Phi) is 2.33. The first-order valence-corrected chi connectivity index (χ1v) is 5.79. The van der Waals surface area contributed by atoms with Crippen molar-refractivity contribution in [1.82, 2.24) is 0 Å². The van der Waals surface area contributed by atoms with Gasteiger partial charge in [-0.05, 0) is 19.1 Å². The lowest BCUT2D eigenvalue weighted by Gasteiger charge is -2.19. The number of benzene rings is 1. The monoisotopic (exact) mass is 243 g/mol. The number of nitrogens with zero attached hydrogens (tertiary/aromatic N) is 1. The maximum Gasteiger partial charge on any atom is 0.136 e. The molecule has 1 aromatic carbocycles. The van der Waals surface area contributed by atoms with Crippen molar-refractivity contribution in [3.05, 3.63) is 24.3 Å². The highest BCUT2D eigenvalue weighted by Gasteiger charge is 2.25. The van der Waals surface area contributed by atoms with E-state index in [0.29, 0.717) is 4.28 Å². The third-order valence-electron chi connectivity index (χ3n) is 1.98. The van der Waals surface area contributed by atoms with Gasteiger partial charge in [0, 0.05) is 11.4 Å². The zero-order chi connectivity index (χ0) is 8.55. The van der Waals surface area contributed by atoms with Gasteiger partial charge in [-0.15, -0.1) is 0 Å². The molecule has 0 radical (unpaired) electrons. The molecule has 1 aliphatic rings. The molecular formula is C9H10BrNS. The molecule has 0 saturated heterocycles. The van der Waals surface area contributed by atoms with Gasteiger partial charge in [-0.25, -0.2) is 0 Å². The lowest BCUT2D eigenvalue weighted by molar-refractivity contribution is 0.930. The minimum Gasteiger partial charge on any atom is -0.349 e. The van der Waals surface area contributed by atoms with Gasteiger partial charge < -0.3 is 4.90 Å². The van der Waals surface area contributed by atoms with E-state index in [2.05, 4.69) is 52.0 Å². The fourth-order valence-electron chi connectivity index (χ4n) is 1.39. The molecule has 3 heteroatoms. The SMILES string of the molecule is CCN1c2ccccc2SC1Br. The second kappa shape index (κ2) is 3.30. The number of fused-ring (bicyclic) bond motifs is 1. The summed E-state index contributed by atoms with van der Waals surface area (Å²) in [5, 5.41) is 0. The number of halogens is 1.